The molecule has 0 atom stereocenters. The lowest BCUT2D eigenvalue weighted by Gasteiger charge is -2.14. The van der Waals surface area contributed by atoms with Gasteiger partial charge in [0, 0.05) is 18.8 Å². The molecule has 3 rings (SSSR count). The van der Waals surface area contributed by atoms with Gasteiger partial charge in [-0.2, -0.15) is 0 Å². The standard InChI is InChI=1S/C27H34O4/c28-26(29)18-8-6-4-2-1-3-5-7-9-19-27(30)31-20-25-23-16-12-10-14-21(23)22-15-11-13-17-24(22)25/h10-17,25H,1-9,18-20H2,(H,28,29). The maximum atomic E-state index is 12.2. The molecule has 0 bridgehead atoms. The van der Waals surface area contributed by atoms with Crippen molar-refractivity contribution >= 4 is 11.9 Å². The summed E-state index contributed by atoms with van der Waals surface area (Å²) in [7, 11) is 0. The minimum absolute atomic E-state index is 0.0970. The van der Waals surface area contributed by atoms with E-state index in [1.165, 1.54) is 41.5 Å². The molecule has 2 aromatic carbocycles. The lowest BCUT2D eigenvalue weighted by molar-refractivity contribution is -0.144. The first-order valence-electron chi connectivity index (χ1n) is 11.7. The Kier molecular flexibility index (Phi) is 9.14. The Labute approximate surface area is 185 Å². The Morgan fingerprint density at radius 3 is 1.65 bits per heavy atom. The zero-order valence-electron chi connectivity index (χ0n) is 18.4. The Morgan fingerprint density at radius 2 is 1.13 bits per heavy atom. The Balaban J connectivity index is 1.27. The number of carbonyl (C=O) groups excluding carboxylic acids is 1. The second-order valence-electron chi connectivity index (χ2n) is 8.49. The first-order valence-corrected chi connectivity index (χ1v) is 11.7. The van der Waals surface area contributed by atoms with E-state index in [0.29, 0.717) is 13.0 Å². The van der Waals surface area contributed by atoms with Crippen LogP contribution in [0.15, 0.2) is 48.5 Å². The molecule has 0 aliphatic heterocycles. The van der Waals surface area contributed by atoms with Gasteiger partial charge in [0.05, 0.1) is 0 Å². The van der Waals surface area contributed by atoms with Gasteiger partial charge >= 0.3 is 11.9 Å². The van der Waals surface area contributed by atoms with Crippen molar-refractivity contribution in [3.05, 3.63) is 59.7 Å². The highest BCUT2D eigenvalue weighted by molar-refractivity contribution is 5.79. The number of esters is 1. The van der Waals surface area contributed by atoms with Crippen LogP contribution in [0, 0.1) is 0 Å². The van der Waals surface area contributed by atoms with Crippen LogP contribution in [0.5, 0.6) is 0 Å². The van der Waals surface area contributed by atoms with Gasteiger partial charge in [0.2, 0.25) is 0 Å². The van der Waals surface area contributed by atoms with Gasteiger partial charge in [0.1, 0.15) is 6.61 Å². The molecule has 166 valence electrons. The largest absolute Gasteiger partial charge is 0.481 e. The SMILES string of the molecule is O=C(O)CCCCCCCCCCCC(=O)OCC1c2ccccc2-c2ccccc21. The molecule has 0 fully saturated rings. The number of benzene rings is 2. The molecule has 4 heteroatoms. The number of carboxylic acids is 1. The molecular formula is C27H34O4. The first kappa shape index (κ1) is 23.1. The molecular weight excluding hydrogens is 388 g/mol. The average molecular weight is 423 g/mol. The summed E-state index contributed by atoms with van der Waals surface area (Å²) < 4.78 is 5.66. The summed E-state index contributed by atoms with van der Waals surface area (Å²) in [6.45, 7) is 0.411. The molecule has 0 spiro atoms. The molecule has 0 heterocycles. The van der Waals surface area contributed by atoms with Crippen molar-refractivity contribution in [2.75, 3.05) is 6.61 Å². The molecule has 31 heavy (non-hydrogen) atoms. The van der Waals surface area contributed by atoms with E-state index in [2.05, 4.69) is 48.5 Å². The number of aliphatic carboxylic acids is 1. The Bertz CT molecular complexity index is 812. The van der Waals surface area contributed by atoms with Crippen LogP contribution in [0.1, 0.15) is 87.7 Å². The van der Waals surface area contributed by atoms with Crippen molar-refractivity contribution in [2.24, 2.45) is 0 Å². The van der Waals surface area contributed by atoms with Crippen molar-refractivity contribution in [3.63, 3.8) is 0 Å². The predicted octanol–water partition coefficient (Wildman–Crippen LogP) is 6.72. The summed E-state index contributed by atoms with van der Waals surface area (Å²) in [6, 6.07) is 16.8. The van der Waals surface area contributed by atoms with Crippen LogP contribution >= 0.6 is 0 Å². The van der Waals surface area contributed by atoms with Crippen LogP contribution in [0.4, 0.5) is 0 Å². The third-order valence-corrected chi connectivity index (χ3v) is 6.15. The van der Waals surface area contributed by atoms with Gasteiger partial charge in [-0.05, 0) is 35.1 Å². The van der Waals surface area contributed by atoms with Gasteiger partial charge in [-0.3, -0.25) is 9.59 Å². The fraction of sp³-hybridized carbons (Fsp3) is 0.481. The number of fused-ring (bicyclic) bond motifs is 3. The minimum Gasteiger partial charge on any atom is -0.481 e. The molecule has 4 nitrogen and oxygen atoms in total. The van der Waals surface area contributed by atoms with E-state index in [1.807, 2.05) is 0 Å². The van der Waals surface area contributed by atoms with Crippen LogP contribution in [-0.2, 0) is 14.3 Å². The third-order valence-electron chi connectivity index (χ3n) is 6.15. The summed E-state index contributed by atoms with van der Waals surface area (Å²) >= 11 is 0. The number of ether oxygens (including phenoxy) is 1. The van der Waals surface area contributed by atoms with Gasteiger partial charge in [-0.1, -0.05) is 93.5 Å². The molecule has 0 radical (unpaired) electrons. The molecule has 0 saturated heterocycles. The fourth-order valence-electron chi connectivity index (χ4n) is 4.47. The Morgan fingerprint density at radius 1 is 0.677 bits per heavy atom. The first-order chi connectivity index (χ1) is 15.2. The lowest BCUT2D eigenvalue weighted by atomic mass is 9.98. The van der Waals surface area contributed by atoms with Crippen LogP contribution in [0.25, 0.3) is 11.1 Å². The maximum Gasteiger partial charge on any atom is 0.305 e. The summed E-state index contributed by atoms with van der Waals surface area (Å²) in [5.74, 6) is -0.663. The minimum atomic E-state index is -0.698. The second kappa shape index (κ2) is 12.3. The quantitative estimate of drug-likeness (QED) is 0.271. The topological polar surface area (TPSA) is 63.6 Å². The third kappa shape index (κ3) is 6.95. The van der Waals surface area contributed by atoms with E-state index in [0.717, 1.165) is 38.5 Å². The number of carboxylic acid groups (broad SMARTS) is 1. The normalized spacial score (nSPS) is 12.4. The van der Waals surface area contributed by atoms with Crippen LogP contribution in [-0.4, -0.2) is 23.7 Å². The summed E-state index contributed by atoms with van der Waals surface area (Å²) in [4.78, 5) is 22.7. The van der Waals surface area contributed by atoms with Gasteiger partial charge in [-0.25, -0.2) is 0 Å². The molecule has 1 N–H and O–H groups in total. The number of rotatable bonds is 14. The average Bonchev–Trinajstić information content (AvgIpc) is 3.09. The fourth-order valence-corrected chi connectivity index (χ4v) is 4.47. The lowest BCUT2D eigenvalue weighted by Crippen LogP contribution is -2.12. The summed E-state index contributed by atoms with van der Waals surface area (Å²) in [6.07, 6.45) is 10.3. The highest BCUT2D eigenvalue weighted by Gasteiger charge is 2.28. The van der Waals surface area contributed by atoms with Gasteiger partial charge in [-0.15, -0.1) is 0 Å². The zero-order chi connectivity index (χ0) is 21.9. The van der Waals surface area contributed by atoms with Crippen molar-refractivity contribution in [3.8, 4) is 11.1 Å². The maximum absolute atomic E-state index is 12.2. The van der Waals surface area contributed by atoms with E-state index in [9.17, 15) is 9.59 Å². The van der Waals surface area contributed by atoms with Crippen molar-refractivity contribution in [1.82, 2.24) is 0 Å². The zero-order valence-corrected chi connectivity index (χ0v) is 18.4. The molecule has 1 aliphatic carbocycles. The Hall–Kier alpha value is -2.62. The molecule has 0 amide bonds. The van der Waals surface area contributed by atoms with E-state index in [4.69, 9.17) is 9.84 Å². The van der Waals surface area contributed by atoms with Crippen molar-refractivity contribution in [1.29, 1.82) is 0 Å². The second-order valence-corrected chi connectivity index (χ2v) is 8.49. The van der Waals surface area contributed by atoms with Crippen molar-refractivity contribution in [2.45, 2.75) is 76.5 Å². The molecule has 0 saturated carbocycles. The number of hydrogen-bond donors (Lipinski definition) is 1. The van der Waals surface area contributed by atoms with Gasteiger partial charge in [0.25, 0.3) is 0 Å². The summed E-state index contributed by atoms with van der Waals surface area (Å²) in [5, 5.41) is 8.61. The van der Waals surface area contributed by atoms with E-state index in [-0.39, 0.29) is 18.3 Å². The van der Waals surface area contributed by atoms with Crippen molar-refractivity contribution < 1.29 is 19.4 Å². The summed E-state index contributed by atoms with van der Waals surface area (Å²) in [5.41, 5.74) is 5.00. The van der Waals surface area contributed by atoms with Crippen LogP contribution in [0.3, 0.4) is 0 Å². The number of hydrogen-bond acceptors (Lipinski definition) is 3. The predicted molar refractivity (Wildman–Crippen MR) is 123 cm³/mol. The van der Waals surface area contributed by atoms with Gasteiger partial charge < -0.3 is 9.84 Å². The van der Waals surface area contributed by atoms with E-state index in [1.54, 1.807) is 0 Å². The van der Waals surface area contributed by atoms with Crippen LogP contribution < -0.4 is 0 Å². The molecule has 1 aliphatic rings. The smallest absolute Gasteiger partial charge is 0.305 e. The van der Waals surface area contributed by atoms with Gasteiger partial charge in [0.15, 0.2) is 0 Å². The van der Waals surface area contributed by atoms with E-state index >= 15 is 0 Å². The number of unbranched alkanes of at least 4 members (excludes halogenated alkanes) is 8. The number of carbonyl (C=O) groups is 2. The van der Waals surface area contributed by atoms with E-state index < -0.39 is 5.97 Å². The highest BCUT2D eigenvalue weighted by Crippen LogP contribution is 2.44. The highest BCUT2D eigenvalue weighted by atomic mass is 16.5. The molecule has 2 aromatic rings. The monoisotopic (exact) mass is 422 g/mol. The molecule has 0 aromatic heterocycles. The molecule has 0 unspecified atom stereocenters. The van der Waals surface area contributed by atoms with Crippen LogP contribution in [0.2, 0.25) is 0 Å².